The summed E-state index contributed by atoms with van der Waals surface area (Å²) >= 11 is 0. The van der Waals surface area contributed by atoms with E-state index >= 15 is 0 Å². The zero-order valence-electron chi connectivity index (χ0n) is 16.5. The van der Waals surface area contributed by atoms with Crippen molar-refractivity contribution >= 4 is 17.6 Å². The lowest BCUT2D eigenvalue weighted by Crippen LogP contribution is -2.38. The van der Waals surface area contributed by atoms with E-state index in [0.29, 0.717) is 18.8 Å². The van der Waals surface area contributed by atoms with Crippen LogP contribution in [0.5, 0.6) is 0 Å². The van der Waals surface area contributed by atoms with Gasteiger partial charge in [-0.3, -0.25) is 14.3 Å². The molecule has 0 saturated heterocycles. The van der Waals surface area contributed by atoms with Crippen LogP contribution in [0.15, 0.2) is 30.3 Å². The Morgan fingerprint density at radius 2 is 1.96 bits per heavy atom. The molecule has 0 aliphatic carbocycles. The molecule has 1 aromatic carbocycles. The lowest BCUT2D eigenvalue weighted by molar-refractivity contribution is -0.116. The van der Waals surface area contributed by atoms with E-state index in [1.807, 2.05) is 33.8 Å². The van der Waals surface area contributed by atoms with E-state index in [1.54, 1.807) is 17.8 Å². The molecule has 6 nitrogen and oxygen atoms in total. The number of amides is 2. The van der Waals surface area contributed by atoms with Gasteiger partial charge in [0.15, 0.2) is 0 Å². The SMILES string of the molecule is CCCN(CC(=O)Nc1cc(C(C)(C)C)nn1C)C(=O)c1cccc(F)c1. The number of aromatic nitrogens is 2. The summed E-state index contributed by atoms with van der Waals surface area (Å²) in [5.74, 6) is -0.602. The molecule has 0 aliphatic heterocycles. The van der Waals surface area contributed by atoms with Gasteiger partial charge in [0.25, 0.3) is 5.91 Å². The predicted molar refractivity (Wildman–Crippen MR) is 103 cm³/mol. The minimum atomic E-state index is -0.480. The van der Waals surface area contributed by atoms with Crippen molar-refractivity contribution in [1.29, 1.82) is 0 Å². The molecule has 0 bridgehead atoms. The molecule has 1 N–H and O–H groups in total. The topological polar surface area (TPSA) is 67.2 Å². The molecule has 0 atom stereocenters. The summed E-state index contributed by atoms with van der Waals surface area (Å²) in [6, 6.07) is 7.32. The molecule has 0 fully saturated rings. The quantitative estimate of drug-likeness (QED) is 0.843. The molecule has 2 aromatic rings. The van der Waals surface area contributed by atoms with Gasteiger partial charge in [0.2, 0.25) is 5.91 Å². The Bertz CT molecular complexity index is 824. The number of carbonyl (C=O) groups excluding carboxylic acids is 2. The van der Waals surface area contributed by atoms with Crippen molar-refractivity contribution in [3.05, 3.63) is 47.4 Å². The van der Waals surface area contributed by atoms with E-state index in [-0.39, 0.29) is 29.3 Å². The van der Waals surface area contributed by atoms with Crippen molar-refractivity contribution in [2.24, 2.45) is 7.05 Å². The van der Waals surface area contributed by atoms with Crippen molar-refractivity contribution in [2.75, 3.05) is 18.4 Å². The molecule has 1 aromatic heterocycles. The van der Waals surface area contributed by atoms with Crippen molar-refractivity contribution in [2.45, 2.75) is 39.5 Å². The maximum Gasteiger partial charge on any atom is 0.254 e. The average molecular weight is 374 g/mol. The first kappa shape index (κ1) is 20.6. The molecule has 7 heteroatoms. The van der Waals surface area contributed by atoms with Gasteiger partial charge in [0, 0.05) is 30.6 Å². The van der Waals surface area contributed by atoms with Gasteiger partial charge in [0.05, 0.1) is 5.69 Å². The van der Waals surface area contributed by atoms with E-state index in [1.165, 1.54) is 23.1 Å². The van der Waals surface area contributed by atoms with Gasteiger partial charge in [-0.2, -0.15) is 5.10 Å². The van der Waals surface area contributed by atoms with E-state index in [9.17, 15) is 14.0 Å². The highest BCUT2D eigenvalue weighted by atomic mass is 19.1. The van der Waals surface area contributed by atoms with Gasteiger partial charge in [-0.05, 0) is 24.6 Å². The summed E-state index contributed by atoms with van der Waals surface area (Å²) in [5.41, 5.74) is 0.954. The number of aryl methyl sites for hydroxylation is 1. The van der Waals surface area contributed by atoms with Gasteiger partial charge in [-0.25, -0.2) is 4.39 Å². The van der Waals surface area contributed by atoms with Crippen LogP contribution in [0.2, 0.25) is 0 Å². The minimum absolute atomic E-state index is 0.112. The Labute approximate surface area is 159 Å². The summed E-state index contributed by atoms with van der Waals surface area (Å²) in [6.45, 7) is 8.34. The molecule has 1 heterocycles. The Kier molecular flexibility index (Phi) is 6.36. The lowest BCUT2D eigenvalue weighted by Gasteiger charge is -2.21. The molecule has 2 amide bonds. The number of anilines is 1. The van der Waals surface area contributed by atoms with Crippen LogP contribution < -0.4 is 5.32 Å². The highest BCUT2D eigenvalue weighted by Crippen LogP contribution is 2.23. The second-order valence-corrected chi connectivity index (χ2v) is 7.57. The molecule has 0 spiro atoms. The van der Waals surface area contributed by atoms with Crippen molar-refractivity contribution < 1.29 is 14.0 Å². The number of nitrogens with zero attached hydrogens (tertiary/aromatic N) is 3. The number of nitrogens with one attached hydrogen (secondary N) is 1. The Morgan fingerprint density at radius 3 is 2.52 bits per heavy atom. The van der Waals surface area contributed by atoms with Gasteiger partial charge >= 0.3 is 0 Å². The minimum Gasteiger partial charge on any atom is -0.329 e. The molecule has 27 heavy (non-hydrogen) atoms. The number of carbonyl (C=O) groups is 2. The number of hydrogen-bond donors (Lipinski definition) is 1. The fourth-order valence-corrected chi connectivity index (χ4v) is 2.63. The molecule has 0 radical (unpaired) electrons. The first-order valence-electron chi connectivity index (χ1n) is 9.01. The van der Waals surface area contributed by atoms with Crippen LogP contribution >= 0.6 is 0 Å². The van der Waals surface area contributed by atoms with Crippen LogP contribution in [0, 0.1) is 5.82 Å². The van der Waals surface area contributed by atoms with E-state index in [4.69, 9.17) is 0 Å². The highest BCUT2D eigenvalue weighted by Gasteiger charge is 2.22. The zero-order valence-corrected chi connectivity index (χ0v) is 16.5. The summed E-state index contributed by atoms with van der Waals surface area (Å²) < 4.78 is 15.0. The maximum absolute atomic E-state index is 13.4. The van der Waals surface area contributed by atoms with Crippen LogP contribution in [0.3, 0.4) is 0 Å². The molecular formula is C20H27FN4O2. The molecule has 0 aliphatic rings. The van der Waals surface area contributed by atoms with Crippen molar-refractivity contribution in [1.82, 2.24) is 14.7 Å². The van der Waals surface area contributed by atoms with E-state index < -0.39 is 5.82 Å². The second-order valence-electron chi connectivity index (χ2n) is 7.57. The van der Waals surface area contributed by atoms with Crippen LogP contribution in [-0.2, 0) is 17.3 Å². The molecule has 2 rings (SSSR count). The smallest absolute Gasteiger partial charge is 0.254 e. The first-order chi connectivity index (χ1) is 12.6. The van der Waals surface area contributed by atoms with Gasteiger partial charge in [0.1, 0.15) is 18.2 Å². The first-order valence-corrected chi connectivity index (χ1v) is 9.01. The normalized spacial score (nSPS) is 11.3. The summed E-state index contributed by atoms with van der Waals surface area (Å²) in [6.07, 6.45) is 0.689. The number of rotatable bonds is 6. The van der Waals surface area contributed by atoms with Gasteiger partial charge < -0.3 is 10.2 Å². The third-order valence-corrected chi connectivity index (χ3v) is 4.10. The lowest BCUT2D eigenvalue weighted by atomic mass is 9.92. The molecule has 0 unspecified atom stereocenters. The van der Waals surface area contributed by atoms with Crippen LogP contribution in [-0.4, -0.2) is 39.6 Å². The summed E-state index contributed by atoms with van der Waals surface area (Å²) in [5, 5.41) is 7.23. The van der Waals surface area contributed by atoms with Gasteiger partial charge in [-0.15, -0.1) is 0 Å². The number of benzene rings is 1. The van der Waals surface area contributed by atoms with Crippen molar-refractivity contribution in [3.63, 3.8) is 0 Å². The zero-order chi connectivity index (χ0) is 20.2. The third kappa shape index (κ3) is 5.39. The van der Waals surface area contributed by atoms with E-state index in [2.05, 4.69) is 10.4 Å². The monoisotopic (exact) mass is 374 g/mol. The Balaban J connectivity index is 2.11. The standard InChI is InChI=1S/C20H27FN4O2/c1-6-10-25(19(27)14-8-7-9-15(21)11-14)13-18(26)22-17-12-16(20(2,3)4)23-24(17)5/h7-9,11-12H,6,10,13H2,1-5H3,(H,22,26). The Morgan fingerprint density at radius 1 is 1.26 bits per heavy atom. The second kappa shape index (κ2) is 8.33. The van der Waals surface area contributed by atoms with Crippen LogP contribution in [0.4, 0.5) is 10.2 Å². The number of hydrogen-bond acceptors (Lipinski definition) is 3. The fourth-order valence-electron chi connectivity index (χ4n) is 2.63. The van der Waals surface area contributed by atoms with E-state index in [0.717, 1.165) is 5.69 Å². The third-order valence-electron chi connectivity index (χ3n) is 4.10. The summed E-state index contributed by atoms with van der Waals surface area (Å²) in [4.78, 5) is 26.6. The number of halogens is 1. The summed E-state index contributed by atoms with van der Waals surface area (Å²) in [7, 11) is 1.76. The van der Waals surface area contributed by atoms with Crippen LogP contribution in [0.1, 0.15) is 50.2 Å². The highest BCUT2D eigenvalue weighted by molar-refractivity contribution is 5.99. The molecule has 146 valence electrons. The fraction of sp³-hybridized carbons (Fsp3) is 0.450. The molecular weight excluding hydrogens is 347 g/mol. The molecule has 0 saturated carbocycles. The largest absolute Gasteiger partial charge is 0.329 e. The maximum atomic E-state index is 13.4. The van der Waals surface area contributed by atoms with Crippen molar-refractivity contribution in [3.8, 4) is 0 Å². The predicted octanol–water partition coefficient (Wildman–Crippen LogP) is 3.35. The van der Waals surface area contributed by atoms with Crippen LogP contribution in [0.25, 0.3) is 0 Å². The van der Waals surface area contributed by atoms with Gasteiger partial charge in [-0.1, -0.05) is 33.8 Å². The Hall–Kier alpha value is -2.70. The average Bonchev–Trinajstić information content (AvgIpc) is 2.95.